The standard InChI is InChI=1S/C15H17N3OS/c19-14(15-17-12-3-1-2-4-13(12)20-15)16-11-7-10-5-6-18(8-10)9-11/h1-4,10-11H,5-9H2,(H,16,19)/t10-,11-/m1/s1. The number of nitrogens with one attached hydrogen (secondary N) is 1. The van der Waals surface area contributed by atoms with E-state index in [4.69, 9.17) is 0 Å². The molecule has 1 N–H and O–H groups in total. The molecular weight excluding hydrogens is 270 g/mol. The first kappa shape index (κ1) is 12.3. The molecule has 2 aliphatic heterocycles. The molecule has 2 fully saturated rings. The van der Waals surface area contributed by atoms with Gasteiger partial charge in [-0.2, -0.15) is 0 Å². The van der Waals surface area contributed by atoms with Crippen LogP contribution in [0.3, 0.4) is 0 Å². The molecule has 2 aromatic rings. The summed E-state index contributed by atoms with van der Waals surface area (Å²) >= 11 is 1.47. The van der Waals surface area contributed by atoms with E-state index in [9.17, 15) is 4.79 Å². The summed E-state index contributed by atoms with van der Waals surface area (Å²) in [5, 5.41) is 3.75. The van der Waals surface area contributed by atoms with E-state index in [0.29, 0.717) is 5.01 Å². The smallest absolute Gasteiger partial charge is 0.280 e. The summed E-state index contributed by atoms with van der Waals surface area (Å²) < 4.78 is 1.07. The molecule has 4 nitrogen and oxygen atoms in total. The van der Waals surface area contributed by atoms with Gasteiger partial charge in [-0.3, -0.25) is 4.79 Å². The Balaban J connectivity index is 1.49. The van der Waals surface area contributed by atoms with E-state index in [0.717, 1.165) is 29.1 Å². The van der Waals surface area contributed by atoms with Gasteiger partial charge in [0.25, 0.3) is 5.91 Å². The summed E-state index contributed by atoms with van der Waals surface area (Å²) in [7, 11) is 0. The van der Waals surface area contributed by atoms with Crippen LogP contribution >= 0.6 is 11.3 Å². The fourth-order valence-electron chi connectivity index (χ4n) is 3.38. The lowest BCUT2D eigenvalue weighted by molar-refractivity contribution is 0.0909. The third kappa shape index (κ3) is 2.21. The van der Waals surface area contributed by atoms with Crippen molar-refractivity contribution in [1.82, 2.24) is 15.2 Å². The number of piperidine rings is 1. The zero-order chi connectivity index (χ0) is 13.5. The number of nitrogens with zero attached hydrogens (tertiary/aromatic N) is 2. The second-order valence-electron chi connectivity index (χ2n) is 5.81. The van der Waals surface area contributed by atoms with Crippen LogP contribution in [0.1, 0.15) is 22.6 Å². The molecule has 1 unspecified atom stereocenters. The van der Waals surface area contributed by atoms with Crippen LogP contribution in [0.2, 0.25) is 0 Å². The van der Waals surface area contributed by atoms with Gasteiger partial charge in [0.15, 0.2) is 5.01 Å². The normalized spacial score (nSPS) is 28.7. The summed E-state index contributed by atoms with van der Waals surface area (Å²) in [6.07, 6.45) is 2.40. The zero-order valence-electron chi connectivity index (χ0n) is 11.2. The highest BCUT2D eigenvalue weighted by atomic mass is 32.1. The molecule has 1 amide bonds. The quantitative estimate of drug-likeness (QED) is 0.920. The maximum absolute atomic E-state index is 12.3. The van der Waals surface area contributed by atoms with Crippen LogP contribution in [0.5, 0.6) is 0 Å². The minimum absolute atomic E-state index is 0.0151. The molecule has 0 aliphatic carbocycles. The Morgan fingerprint density at radius 3 is 3.10 bits per heavy atom. The highest BCUT2D eigenvalue weighted by Crippen LogP contribution is 2.27. The molecule has 2 bridgehead atoms. The van der Waals surface area contributed by atoms with Crippen molar-refractivity contribution in [1.29, 1.82) is 0 Å². The summed E-state index contributed by atoms with van der Waals surface area (Å²) in [5.74, 6) is 0.753. The number of carbonyl (C=O) groups is 1. The Morgan fingerprint density at radius 2 is 2.25 bits per heavy atom. The maximum atomic E-state index is 12.3. The Bertz CT molecular complexity index is 608. The van der Waals surface area contributed by atoms with Gasteiger partial charge in [0.1, 0.15) is 0 Å². The third-order valence-electron chi connectivity index (χ3n) is 4.29. The molecule has 2 aliphatic rings. The van der Waals surface area contributed by atoms with Crippen molar-refractivity contribution in [3.63, 3.8) is 0 Å². The Hall–Kier alpha value is -1.46. The highest BCUT2D eigenvalue weighted by molar-refractivity contribution is 7.20. The SMILES string of the molecule is O=C(N[C@@H]1C[C@H]2CCN(C2)C1)c1nc2ccccc2s1. The first-order valence-corrected chi connectivity index (χ1v) is 7.98. The lowest BCUT2D eigenvalue weighted by Crippen LogP contribution is -2.46. The van der Waals surface area contributed by atoms with Gasteiger partial charge in [-0.15, -0.1) is 11.3 Å². The number of fused-ring (bicyclic) bond motifs is 3. The van der Waals surface area contributed by atoms with Crippen molar-refractivity contribution in [3.8, 4) is 0 Å². The second-order valence-corrected chi connectivity index (χ2v) is 6.84. The first-order chi connectivity index (χ1) is 9.78. The summed E-state index contributed by atoms with van der Waals surface area (Å²) in [4.78, 5) is 19.2. The minimum Gasteiger partial charge on any atom is -0.346 e. The van der Waals surface area contributed by atoms with Crippen molar-refractivity contribution in [2.45, 2.75) is 18.9 Å². The van der Waals surface area contributed by atoms with E-state index in [-0.39, 0.29) is 11.9 Å². The van der Waals surface area contributed by atoms with Crippen LogP contribution in [-0.4, -0.2) is 41.5 Å². The lowest BCUT2D eigenvalue weighted by atomic mass is 9.97. The number of benzene rings is 1. The molecule has 5 heteroatoms. The van der Waals surface area contributed by atoms with Gasteiger partial charge in [-0.05, 0) is 37.4 Å². The maximum Gasteiger partial charge on any atom is 0.280 e. The van der Waals surface area contributed by atoms with Gasteiger partial charge in [-0.25, -0.2) is 4.98 Å². The van der Waals surface area contributed by atoms with Gasteiger partial charge in [0.05, 0.1) is 10.2 Å². The molecule has 20 heavy (non-hydrogen) atoms. The number of thiazole rings is 1. The van der Waals surface area contributed by atoms with Crippen LogP contribution in [0.4, 0.5) is 0 Å². The summed E-state index contributed by atoms with van der Waals surface area (Å²) in [5.41, 5.74) is 0.912. The van der Waals surface area contributed by atoms with Gasteiger partial charge in [-0.1, -0.05) is 12.1 Å². The molecular formula is C15H17N3OS. The Labute approximate surface area is 121 Å². The molecule has 0 radical (unpaired) electrons. The van der Waals surface area contributed by atoms with Crippen molar-refractivity contribution in [2.24, 2.45) is 5.92 Å². The number of para-hydroxylation sites is 1. The van der Waals surface area contributed by atoms with Crippen molar-refractivity contribution in [3.05, 3.63) is 29.3 Å². The molecule has 1 aromatic heterocycles. The molecule has 3 atom stereocenters. The van der Waals surface area contributed by atoms with E-state index in [1.807, 2.05) is 24.3 Å². The number of aromatic nitrogens is 1. The lowest BCUT2D eigenvalue weighted by Gasteiger charge is -2.30. The van der Waals surface area contributed by atoms with Gasteiger partial charge < -0.3 is 10.2 Å². The second kappa shape index (κ2) is 4.82. The van der Waals surface area contributed by atoms with Crippen LogP contribution in [0.15, 0.2) is 24.3 Å². The van der Waals surface area contributed by atoms with Gasteiger partial charge >= 0.3 is 0 Å². The molecule has 2 saturated heterocycles. The molecule has 1 aromatic carbocycles. The zero-order valence-corrected chi connectivity index (χ0v) is 12.0. The van der Waals surface area contributed by atoms with E-state index in [2.05, 4.69) is 15.2 Å². The Kier molecular flexibility index (Phi) is 2.97. The summed E-state index contributed by atoms with van der Waals surface area (Å²) in [6, 6.07) is 8.19. The van der Waals surface area contributed by atoms with Crippen LogP contribution < -0.4 is 5.32 Å². The fraction of sp³-hybridized carbons (Fsp3) is 0.467. The topological polar surface area (TPSA) is 45.2 Å². The predicted octanol–water partition coefficient (Wildman–Crippen LogP) is 2.12. The number of hydrogen-bond donors (Lipinski definition) is 1. The minimum atomic E-state index is -0.0151. The van der Waals surface area contributed by atoms with Gasteiger partial charge in [0.2, 0.25) is 0 Å². The van der Waals surface area contributed by atoms with E-state index >= 15 is 0 Å². The van der Waals surface area contributed by atoms with Crippen molar-refractivity contribution >= 4 is 27.5 Å². The van der Waals surface area contributed by atoms with Crippen molar-refractivity contribution in [2.75, 3.05) is 19.6 Å². The fourth-order valence-corrected chi connectivity index (χ4v) is 4.25. The van der Waals surface area contributed by atoms with E-state index in [1.54, 1.807) is 0 Å². The number of rotatable bonds is 2. The third-order valence-corrected chi connectivity index (χ3v) is 5.32. The Morgan fingerprint density at radius 1 is 1.35 bits per heavy atom. The predicted molar refractivity (Wildman–Crippen MR) is 80.0 cm³/mol. The molecule has 0 saturated carbocycles. The molecule has 3 heterocycles. The van der Waals surface area contributed by atoms with Gasteiger partial charge in [0, 0.05) is 19.1 Å². The molecule has 0 spiro atoms. The summed E-state index contributed by atoms with van der Waals surface area (Å²) in [6.45, 7) is 3.40. The number of hydrogen-bond acceptors (Lipinski definition) is 4. The van der Waals surface area contributed by atoms with Crippen LogP contribution in [-0.2, 0) is 0 Å². The van der Waals surface area contributed by atoms with E-state index < -0.39 is 0 Å². The van der Waals surface area contributed by atoms with Crippen molar-refractivity contribution < 1.29 is 4.79 Å². The molecule has 104 valence electrons. The molecule has 4 rings (SSSR count). The van der Waals surface area contributed by atoms with E-state index in [1.165, 1.54) is 30.8 Å². The first-order valence-electron chi connectivity index (χ1n) is 7.17. The average Bonchev–Trinajstić information content (AvgIpc) is 3.02. The number of carbonyl (C=O) groups excluding carboxylic acids is 1. The number of amides is 1. The van der Waals surface area contributed by atoms with Crippen LogP contribution in [0, 0.1) is 5.92 Å². The van der Waals surface area contributed by atoms with Crippen LogP contribution in [0.25, 0.3) is 10.2 Å². The largest absolute Gasteiger partial charge is 0.346 e. The monoisotopic (exact) mass is 287 g/mol. The average molecular weight is 287 g/mol. The highest BCUT2D eigenvalue weighted by Gasteiger charge is 2.33.